The Labute approximate surface area is 94.8 Å². The van der Waals surface area contributed by atoms with Crippen LogP contribution in [-0.4, -0.2) is 24.3 Å². The molecule has 88 valence electrons. The molecule has 0 spiro atoms. The number of carbonyl (C=O) groups is 1. The van der Waals surface area contributed by atoms with E-state index in [9.17, 15) is 9.90 Å². The SMILES string of the molecule is COc1ccc(C(O)[C@@H](C)OC(C)=O)cc1. The fourth-order valence-corrected chi connectivity index (χ4v) is 1.40. The normalized spacial score (nSPS) is 14.0. The van der Waals surface area contributed by atoms with Crippen molar-refractivity contribution in [1.29, 1.82) is 0 Å². The van der Waals surface area contributed by atoms with Gasteiger partial charge in [0.25, 0.3) is 0 Å². The summed E-state index contributed by atoms with van der Waals surface area (Å²) in [6.07, 6.45) is -1.39. The van der Waals surface area contributed by atoms with Gasteiger partial charge in [-0.05, 0) is 24.6 Å². The van der Waals surface area contributed by atoms with Crippen LogP contribution in [0.4, 0.5) is 0 Å². The summed E-state index contributed by atoms with van der Waals surface area (Å²) in [6.45, 7) is 2.97. The number of aliphatic hydroxyl groups excluding tert-OH is 1. The third-order valence-electron chi connectivity index (χ3n) is 2.25. The van der Waals surface area contributed by atoms with Gasteiger partial charge in [-0.2, -0.15) is 0 Å². The van der Waals surface area contributed by atoms with E-state index < -0.39 is 18.2 Å². The highest BCUT2D eigenvalue weighted by atomic mass is 16.6. The summed E-state index contributed by atoms with van der Waals surface area (Å²) in [5.41, 5.74) is 0.689. The zero-order valence-corrected chi connectivity index (χ0v) is 9.64. The molecule has 0 aliphatic rings. The number of aliphatic hydroxyl groups is 1. The minimum atomic E-state index is -0.824. The summed E-state index contributed by atoms with van der Waals surface area (Å²) in [4.78, 5) is 10.7. The van der Waals surface area contributed by atoms with Crippen molar-refractivity contribution < 1.29 is 19.4 Å². The first-order valence-corrected chi connectivity index (χ1v) is 5.04. The van der Waals surface area contributed by atoms with Crippen LogP contribution in [0.2, 0.25) is 0 Å². The predicted octanol–water partition coefficient (Wildman–Crippen LogP) is 1.68. The van der Waals surface area contributed by atoms with Crippen LogP contribution in [0.25, 0.3) is 0 Å². The quantitative estimate of drug-likeness (QED) is 0.790. The second-order valence-corrected chi connectivity index (χ2v) is 3.53. The number of ether oxygens (including phenoxy) is 2. The molecule has 16 heavy (non-hydrogen) atoms. The van der Waals surface area contributed by atoms with Gasteiger partial charge in [-0.25, -0.2) is 0 Å². The molecule has 4 heteroatoms. The van der Waals surface area contributed by atoms with Crippen LogP contribution >= 0.6 is 0 Å². The Morgan fingerprint density at radius 1 is 1.31 bits per heavy atom. The van der Waals surface area contributed by atoms with Gasteiger partial charge in [-0.1, -0.05) is 12.1 Å². The summed E-state index contributed by atoms with van der Waals surface area (Å²) >= 11 is 0. The van der Waals surface area contributed by atoms with E-state index in [1.165, 1.54) is 6.92 Å². The molecular formula is C12H16O4. The van der Waals surface area contributed by atoms with Crippen molar-refractivity contribution in [2.45, 2.75) is 26.1 Å². The van der Waals surface area contributed by atoms with Crippen molar-refractivity contribution in [1.82, 2.24) is 0 Å². The summed E-state index contributed by atoms with van der Waals surface area (Å²) < 4.78 is 9.91. The molecule has 1 aromatic rings. The Kier molecular flexibility index (Phi) is 4.31. The molecule has 4 nitrogen and oxygen atoms in total. The van der Waals surface area contributed by atoms with E-state index in [0.717, 1.165) is 5.75 Å². The molecule has 0 amide bonds. The van der Waals surface area contributed by atoms with Crippen LogP contribution < -0.4 is 4.74 Å². The van der Waals surface area contributed by atoms with Gasteiger partial charge in [0.2, 0.25) is 0 Å². The van der Waals surface area contributed by atoms with Gasteiger partial charge in [0, 0.05) is 6.92 Å². The van der Waals surface area contributed by atoms with Crippen molar-refractivity contribution in [2.24, 2.45) is 0 Å². The standard InChI is InChI=1S/C12H16O4/c1-8(16-9(2)13)12(14)10-4-6-11(15-3)7-5-10/h4-8,12,14H,1-3H3/t8-,12?/m1/s1. The van der Waals surface area contributed by atoms with Crippen molar-refractivity contribution >= 4 is 5.97 Å². The molecule has 1 rings (SSSR count). The van der Waals surface area contributed by atoms with Crippen LogP contribution in [0.15, 0.2) is 24.3 Å². The van der Waals surface area contributed by atoms with Gasteiger partial charge in [0.15, 0.2) is 0 Å². The second kappa shape index (κ2) is 5.51. The maximum absolute atomic E-state index is 10.7. The van der Waals surface area contributed by atoms with Crippen molar-refractivity contribution in [3.05, 3.63) is 29.8 Å². The van der Waals surface area contributed by atoms with E-state index in [1.54, 1.807) is 38.3 Å². The van der Waals surface area contributed by atoms with E-state index in [4.69, 9.17) is 9.47 Å². The summed E-state index contributed by atoms with van der Waals surface area (Å²) in [5, 5.41) is 9.88. The lowest BCUT2D eigenvalue weighted by atomic mass is 10.1. The summed E-state index contributed by atoms with van der Waals surface area (Å²) in [5.74, 6) is 0.316. The zero-order valence-electron chi connectivity index (χ0n) is 9.64. The molecular weight excluding hydrogens is 208 g/mol. The molecule has 1 N–H and O–H groups in total. The number of carbonyl (C=O) groups excluding carboxylic acids is 1. The van der Waals surface area contributed by atoms with Crippen LogP contribution in [0.1, 0.15) is 25.5 Å². The van der Waals surface area contributed by atoms with Crippen LogP contribution in [0.3, 0.4) is 0 Å². The monoisotopic (exact) mass is 224 g/mol. The van der Waals surface area contributed by atoms with Crippen molar-refractivity contribution in [3.63, 3.8) is 0 Å². The lowest BCUT2D eigenvalue weighted by molar-refractivity contribution is -0.151. The largest absolute Gasteiger partial charge is 0.497 e. The predicted molar refractivity (Wildman–Crippen MR) is 59.2 cm³/mol. The number of methoxy groups -OCH3 is 1. The maximum Gasteiger partial charge on any atom is 0.302 e. The molecule has 0 bridgehead atoms. The minimum Gasteiger partial charge on any atom is -0.497 e. The highest BCUT2D eigenvalue weighted by molar-refractivity contribution is 5.66. The number of esters is 1. The second-order valence-electron chi connectivity index (χ2n) is 3.53. The molecule has 0 radical (unpaired) electrons. The van der Waals surface area contributed by atoms with Gasteiger partial charge in [0.1, 0.15) is 18.0 Å². The minimum absolute atomic E-state index is 0.403. The van der Waals surface area contributed by atoms with Crippen molar-refractivity contribution in [2.75, 3.05) is 7.11 Å². The molecule has 0 fully saturated rings. The maximum atomic E-state index is 10.7. The van der Waals surface area contributed by atoms with E-state index in [2.05, 4.69) is 0 Å². The molecule has 0 aliphatic heterocycles. The van der Waals surface area contributed by atoms with E-state index in [0.29, 0.717) is 5.56 Å². The molecule has 0 aromatic heterocycles. The molecule has 0 saturated carbocycles. The third-order valence-corrected chi connectivity index (χ3v) is 2.25. The van der Waals surface area contributed by atoms with E-state index >= 15 is 0 Å². The van der Waals surface area contributed by atoms with Gasteiger partial charge in [-0.3, -0.25) is 4.79 Å². The van der Waals surface area contributed by atoms with E-state index in [-0.39, 0.29) is 0 Å². The van der Waals surface area contributed by atoms with Crippen molar-refractivity contribution in [3.8, 4) is 5.75 Å². The highest BCUT2D eigenvalue weighted by Crippen LogP contribution is 2.21. The first kappa shape index (κ1) is 12.5. The van der Waals surface area contributed by atoms with Gasteiger partial charge in [0.05, 0.1) is 7.11 Å². The first-order chi connectivity index (χ1) is 7.54. The number of hydrogen-bond donors (Lipinski definition) is 1. The highest BCUT2D eigenvalue weighted by Gasteiger charge is 2.18. The lowest BCUT2D eigenvalue weighted by Crippen LogP contribution is -2.20. The molecule has 0 aliphatic carbocycles. The van der Waals surface area contributed by atoms with Crippen LogP contribution in [0.5, 0.6) is 5.75 Å². The third kappa shape index (κ3) is 3.24. The molecule has 2 atom stereocenters. The molecule has 1 aromatic carbocycles. The van der Waals surface area contributed by atoms with E-state index in [1.807, 2.05) is 0 Å². The molecule has 1 unspecified atom stereocenters. The number of benzene rings is 1. The number of rotatable bonds is 4. The summed E-state index contributed by atoms with van der Waals surface area (Å²) in [6, 6.07) is 6.98. The Morgan fingerprint density at radius 2 is 1.88 bits per heavy atom. The van der Waals surface area contributed by atoms with Gasteiger partial charge < -0.3 is 14.6 Å². The average molecular weight is 224 g/mol. The fraction of sp³-hybridized carbons (Fsp3) is 0.417. The smallest absolute Gasteiger partial charge is 0.302 e. The summed E-state index contributed by atoms with van der Waals surface area (Å²) in [7, 11) is 1.58. The zero-order chi connectivity index (χ0) is 12.1. The van der Waals surface area contributed by atoms with Crippen LogP contribution in [0, 0.1) is 0 Å². The Balaban J connectivity index is 2.71. The Bertz CT molecular complexity index is 345. The number of hydrogen-bond acceptors (Lipinski definition) is 4. The lowest BCUT2D eigenvalue weighted by Gasteiger charge is -2.19. The van der Waals surface area contributed by atoms with Gasteiger partial charge in [-0.15, -0.1) is 0 Å². The van der Waals surface area contributed by atoms with Gasteiger partial charge >= 0.3 is 5.97 Å². The Hall–Kier alpha value is -1.55. The fourth-order valence-electron chi connectivity index (χ4n) is 1.40. The molecule has 0 saturated heterocycles. The van der Waals surface area contributed by atoms with Crippen LogP contribution in [-0.2, 0) is 9.53 Å². The molecule has 0 heterocycles. The average Bonchev–Trinajstić information content (AvgIpc) is 2.27. The topological polar surface area (TPSA) is 55.8 Å². The first-order valence-electron chi connectivity index (χ1n) is 5.04. The Morgan fingerprint density at radius 3 is 2.31 bits per heavy atom.